The van der Waals surface area contributed by atoms with Crippen molar-refractivity contribution < 1.29 is 9.59 Å². The van der Waals surface area contributed by atoms with Crippen LogP contribution in [0.5, 0.6) is 0 Å². The van der Waals surface area contributed by atoms with Crippen LogP contribution >= 0.6 is 11.8 Å². The Kier molecular flexibility index (Phi) is 5.20. The summed E-state index contributed by atoms with van der Waals surface area (Å²) < 4.78 is 1.96. The third-order valence-corrected chi connectivity index (χ3v) is 5.08. The van der Waals surface area contributed by atoms with Crippen molar-refractivity contribution in [2.24, 2.45) is 5.92 Å². The Morgan fingerprint density at radius 1 is 1.29 bits per heavy atom. The number of hydrazine groups is 1. The molecule has 0 aliphatic heterocycles. The second kappa shape index (κ2) is 7.53. The highest BCUT2D eigenvalue weighted by Gasteiger charge is 2.25. The van der Waals surface area contributed by atoms with E-state index in [9.17, 15) is 9.59 Å². The number of carbonyl (C=O) groups is 2. The highest BCUT2D eigenvalue weighted by molar-refractivity contribution is 7.99. The van der Waals surface area contributed by atoms with E-state index in [0.29, 0.717) is 0 Å². The van der Waals surface area contributed by atoms with E-state index >= 15 is 0 Å². The molecular weight excluding hydrogens is 324 g/mol. The molecule has 24 heavy (non-hydrogen) atoms. The lowest BCUT2D eigenvalue weighted by Crippen LogP contribution is -2.46. The van der Waals surface area contributed by atoms with Crippen molar-refractivity contribution in [1.82, 2.24) is 20.4 Å². The minimum atomic E-state index is -0.244. The lowest BCUT2D eigenvalue weighted by atomic mass is 9.85. The third kappa shape index (κ3) is 3.79. The van der Waals surface area contributed by atoms with E-state index in [1.165, 1.54) is 11.8 Å². The van der Waals surface area contributed by atoms with Crippen LogP contribution in [0.25, 0.3) is 5.69 Å². The van der Waals surface area contributed by atoms with E-state index in [4.69, 9.17) is 0 Å². The lowest BCUT2D eigenvalue weighted by molar-refractivity contribution is -0.132. The molecule has 0 radical (unpaired) electrons. The number of aromatic nitrogens is 2. The van der Waals surface area contributed by atoms with Crippen LogP contribution < -0.4 is 10.9 Å². The summed E-state index contributed by atoms with van der Waals surface area (Å²) in [4.78, 5) is 27.9. The molecule has 0 unspecified atom stereocenters. The third-order valence-electron chi connectivity index (χ3n) is 4.12. The van der Waals surface area contributed by atoms with Gasteiger partial charge in [0.15, 0.2) is 5.16 Å². The average Bonchev–Trinajstić information content (AvgIpc) is 2.98. The second-order valence-corrected chi connectivity index (χ2v) is 6.76. The van der Waals surface area contributed by atoms with Crippen molar-refractivity contribution in [2.75, 3.05) is 5.75 Å². The van der Waals surface area contributed by atoms with Gasteiger partial charge < -0.3 is 0 Å². The topological polar surface area (TPSA) is 76.0 Å². The number of benzene rings is 1. The first-order valence-electron chi connectivity index (χ1n) is 7.96. The summed E-state index contributed by atoms with van der Waals surface area (Å²) in [5.74, 6) is -0.0978. The fourth-order valence-electron chi connectivity index (χ4n) is 2.48. The number of carbonyl (C=O) groups excluding carboxylic acids is 2. The summed E-state index contributed by atoms with van der Waals surface area (Å²) in [6.07, 6.45) is 6.49. The molecule has 1 aromatic heterocycles. The maximum atomic E-state index is 11.9. The van der Waals surface area contributed by atoms with Crippen LogP contribution in [0.1, 0.15) is 24.8 Å². The molecule has 0 bridgehead atoms. The zero-order valence-corrected chi connectivity index (χ0v) is 14.3. The fraction of sp³-hybridized carbons (Fsp3) is 0.353. The maximum Gasteiger partial charge on any atom is 0.248 e. The van der Waals surface area contributed by atoms with Gasteiger partial charge in [0, 0.05) is 18.3 Å². The summed E-state index contributed by atoms with van der Waals surface area (Å²) in [6, 6.07) is 8.01. The van der Waals surface area contributed by atoms with Gasteiger partial charge in [-0.15, -0.1) is 0 Å². The second-order valence-electron chi connectivity index (χ2n) is 5.82. The standard InChI is InChI=1S/C17H20N4O2S/c1-12-5-2-3-8-14(12)21-10-9-18-17(21)24-11-15(22)19-20-16(23)13-6-4-7-13/h2-3,5,8-10,13H,4,6-7,11H2,1H3,(H,19,22)(H,20,23). The van der Waals surface area contributed by atoms with Gasteiger partial charge in [-0.3, -0.25) is 25.0 Å². The number of imidazole rings is 1. The smallest absolute Gasteiger partial charge is 0.248 e. The minimum absolute atomic E-state index is 0.0536. The lowest BCUT2D eigenvalue weighted by Gasteiger charge is -2.23. The number of rotatable bonds is 5. The van der Waals surface area contributed by atoms with Gasteiger partial charge in [0.2, 0.25) is 11.8 Å². The predicted molar refractivity (Wildman–Crippen MR) is 92.7 cm³/mol. The minimum Gasteiger partial charge on any atom is -0.295 e. The fourth-order valence-corrected chi connectivity index (χ4v) is 3.25. The van der Waals surface area contributed by atoms with Crippen molar-refractivity contribution >= 4 is 23.6 Å². The van der Waals surface area contributed by atoms with Crippen LogP contribution in [0.3, 0.4) is 0 Å². The largest absolute Gasteiger partial charge is 0.295 e. The molecule has 2 aromatic rings. The van der Waals surface area contributed by atoms with Crippen molar-refractivity contribution in [1.29, 1.82) is 0 Å². The summed E-state index contributed by atoms with van der Waals surface area (Å²) in [7, 11) is 0. The Bertz CT molecular complexity index is 740. The monoisotopic (exact) mass is 344 g/mol. The van der Waals surface area contributed by atoms with Crippen LogP contribution in [0.2, 0.25) is 0 Å². The highest BCUT2D eigenvalue weighted by atomic mass is 32.2. The molecule has 7 heteroatoms. The molecule has 1 aromatic carbocycles. The van der Waals surface area contributed by atoms with Crippen LogP contribution in [0.15, 0.2) is 41.8 Å². The molecule has 2 amide bonds. The molecule has 1 aliphatic rings. The van der Waals surface area contributed by atoms with E-state index in [1.54, 1.807) is 6.20 Å². The molecule has 1 fully saturated rings. The molecule has 1 saturated carbocycles. The van der Waals surface area contributed by atoms with E-state index in [2.05, 4.69) is 15.8 Å². The Balaban J connectivity index is 1.54. The molecule has 0 saturated heterocycles. The molecule has 3 rings (SSSR count). The van der Waals surface area contributed by atoms with E-state index in [0.717, 1.165) is 35.7 Å². The van der Waals surface area contributed by atoms with Gasteiger partial charge in [0.1, 0.15) is 0 Å². The normalized spacial score (nSPS) is 14.0. The Hall–Kier alpha value is -2.28. The maximum absolute atomic E-state index is 11.9. The number of nitrogens with one attached hydrogen (secondary N) is 2. The number of nitrogens with zero attached hydrogens (tertiary/aromatic N) is 2. The van der Waals surface area contributed by atoms with Gasteiger partial charge in [-0.25, -0.2) is 4.98 Å². The van der Waals surface area contributed by atoms with Crippen LogP contribution in [0, 0.1) is 12.8 Å². The van der Waals surface area contributed by atoms with E-state index in [1.807, 2.05) is 42.0 Å². The van der Waals surface area contributed by atoms with Gasteiger partial charge in [-0.1, -0.05) is 36.4 Å². The van der Waals surface area contributed by atoms with E-state index < -0.39 is 0 Å². The van der Waals surface area contributed by atoms with Gasteiger partial charge in [-0.2, -0.15) is 0 Å². The number of aryl methyl sites for hydroxylation is 1. The zero-order chi connectivity index (χ0) is 16.9. The number of hydrogen-bond acceptors (Lipinski definition) is 4. The molecule has 2 N–H and O–H groups in total. The molecule has 0 spiro atoms. The first kappa shape index (κ1) is 16.6. The van der Waals surface area contributed by atoms with Crippen LogP contribution in [0.4, 0.5) is 0 Å². The van der Waals surface area contributed by atoms with Crippen molar-refractivity contribution in [3.63, 3.8) is 0 Å². The van der Waals surface area contributed by atoms with Gasteiger partial charge in [0.25, 0.3) is 0 Å². The highest BCUT2D eigenvalue weighted by Crippen LogP contribution is 2.26. The number of para-hydroxylation sites is 1. The summed E-state index contributed by atoms with van der Waals surface area (Å²) in [6.45, 7) is 2.03. The van der Waals surface area contributed by atoms with Crippen molar-refractivity contribution in [2.45, 2.75) is 31.3 Å². The molecular formula is C17H20N4O2S. The SMILES string of the molecule is Cc1ccccc1-n1ccnc1SCC(=O)NNC(=O)C1CCC1. The quantitative estimate of drug-likeness (QED) is 0.644. The number of hydrogen-bond donors (Lipinski definition) is 2. The number of thioether (sulfide) groups is 1. The van der Waals surface area contributed by atoms with Gasteiger partial charge >= 0.3 is 0 Å². The van der Waals surface area contributed by atoms with Crippen LogP contribution in [-0.4, -0.2) is 27.1 Å². The Morgan fingerprint density at radius 3 is 2.79 bits per heavy atom. The summed E-state index contributed by atoms with van der Waals surface area (Å²) >= 11 is 1.33. The summed E-state index contributed by atoms with van der Waals surface area (Å²) in [5.41, 5.74) is 7.13. The molecule has 0 atom stereocenters. The van der Waals surface area contributed by atoms with Crippen LogP contribution in [-0.2, 0) is 9.59 Å². The average molecular weight is 344 g/mol. The molecule has 126 valence electrons. The summed E-state index contributed by atoms with van der Waals surface area (Å²) in [5, 5.41) is 0.741. The number of amides is 2. The first-order chi connectivity index (χ1) is 11.6. The molecule has 6 nitrogen and oxygen atoms in total. The molecule has 1 heterocycles. The van der Waals surface area contributed by atoms with Crippen molar-refractivity contribution in [3.05, 3.63) is 42.2 Å². The Morgan fingerprint density at radius 2 is 2.08 bits per heavy atom. The predicted octanol–water partition coefficient (Wildman–Crippen LogP) is 2.22. The van der Waals surface area contributed by atoms with Gasteiger partial charge in [0.05, 0.1) is 11.4 Å². The Labute approximate surface area is 145 Å². The van der Waals surface area contributed by atoms with Gasteiger partial charge in [-0.05, 0) is 31.4 Å². The molecule has 1 aliphatic carbocycles. The first-order valence-corrected chi connectivity index (χ1v) is 8.94. The van der Waals surface area contributed by atoms with E-state index in [-0.39, 0.29) is 23.5 Å². The van der Waals surface area contributed by atoms with Crippen molar-refractivity contribution in [3.8, 4) is 5.69 Å². The zero-order valence-electron chi connectivity index (χ0n) is 13.5.